The highest BCUT2D eigenvalue weighted by Gasteiger charge is 2.19. The molecule has 2 atom stereocenters. The average Bonchev–Trinajstić information content (AvgIpc) is 2.06. The van der Waals surface area contributed by atoms with Crippen molar-refractivity contribution in [1.29, 1.82) is 0 Å². The lowest BCUT2D eigenvalue weighted by Crippen LogP contribution is -2.19. The first-order valence-electron chi connectivity index (χ1n) is 4.15. The number of hydrogen-bond donors (Lipinski definition) is 2. The summed E-state index contributed by atoms with van der Waals surface area (Å²) in [6, 6.07) is 0. The SMILES string of the molecule is OCC1CCCC(/C=N/O)C1. The van der Waals surface area contributed by atoms with Crippen molar-refractivity contribution in [3.8, 4) is 0 Å². The lowest BCUT2D eigenvalue weighted by atomic mass is 9.82. The molecule has 0 heterocycles. The van der Waals surface area contributed by atoms with Gasteiger partial charge >= 0.3 is 0 Å². The Labute approximate surface area is 66.7 Å². The van der Waals surface area contributed by atoms with Crippen LogP contribution in [-0.4, -0.2) is 23.1 Å². The summed E-state index contributed by atoms with van der Waals surface area (Å²) in [5, 5.41) is 20.2. The maximum Gasteiger partial charge on any atom is 0.0466 e. The van der Waals surface area contributed by atoms with Crippen LogP contribution in [0.15, 0.2) is 5.16 Å². The van der Waals surface area contributed by atoms with Gasteiger partial charge in [0.15, 0.2) is 0 Å². The summed E-state index contributed by atoms with van der Waals surface area (Å²) < 4.78 is 0. The van der Waals surface area contributed by atoms with Crippen molar-refractivity contribution in [2.75, 3.05) is 6.61 Å². The standard InChI is InChI=1S/C8H15NO2/c10-6-8-3-1-2-7(4-8)5-9-11/h5,7-8,10-11H,1-4,6H2/b9-5+. The fourth-order valence-electron chi connectivity index (χ4n) is 1.73. The van der Waals surface area contributed by atoms with Crippen LogP contribution in [0.5, 0.6) is 0 Å². The number of rotatable bonds is 2. The van der Waals surface area contributed by atoms with Gasteiger partial charge in [0.1, 0.15) is 0 Å². The highest BCUT2D eigenvalue weighted by molar-refractivity contribution is 5.59. The van der Waals surface area contributed by atoms with E-state index in [2.05, 4.69) is 5.16 Å². The molecular formula is C8H15NO2. The molecule has 0 radical (unpaired) electrons. The maximum absolute atomic E-state index is 8.87. The molecule has 1 saturated carbocycles. The lowest BCUT2D eigenvalue weighted by Gasteiger charge is -2.24. The third-order valence-corrected chi connectivity index (χ3v) is 2.36. The van der Waals surface area contributed by atoms with Crippen molar-refractivity contribution in [3.05, 3.63) is 0 Å². The second-order valence-corrected chi connectivity index (χ2v) is 3.24. The molecule has 11 heavy (non-hydrogen) atoms. The van der Waals surface area contributed by atoms with Gasteiger partial charge < -0.3 is 10.3 Å². The molecule has 0 aromatic heterocycles. The Morgan fingerprint density at radius 3 is 2.91 bits per heavy atom. The predicted octanol–water partition coefficient (Wildman–Crippen LogP) is 1.25. The van der Waals surface area contributed by atoms with Crippen molar-refractivity contribution in [3.63, 3.8) is 0 Å². The maximum atomic E-state index is 8.87. The van der Waals surface area contributed by atoms with Gasteiger partial charge in [0.2, 0.25) is 0 Å². The highest BCUT2D eigenvalue weighted by Crippen LogP contribution is 2.27. The zero-order valence-corrected chi connectivity index (χ0v) is 6.61. The molecule has 0 spiro atoms. The van der Waals surface area contributed by atoms with Gasteiger partial charge in [-0.2, -0.15) is 0 Å². The van der Waals surface area contributed by atoms with Crippen LogP contribution in [-0.2, 0) is 0 Å². The molecule has 1 fully saturated rings. The van der Waals surface area contributed by atoms with Gasteiger partial charge in [0, 0.05) is 12.8 Å². The van der Waals surface area contributed by atoms with Crippen LogP contribution in [0, 0.1) is 11.8 Å². The summed E-state index contributed by atoms with van der Waals surface area (Å²) in [4.78, 5) is 0. The zero-order valence-electron chi connectivity index (χ0n) is 6.61. The first-order chi connectivity index (χ1) is 5.36. The topological polar surface area (TPSA) is 52.8 Å². The summed E-state index contributed by atoms with van der Waals surface area (Å²) in [5.41, 5.74) is 0. The summed E-state index contributed by atoms with van der Waals surface area (Å²) in [6.45, 7) is 0.274. The molecule has 64 valence electrons. The normalized spacial score (nSPS) is 32.8. The van der Waals surface area contributed by atoms with Crippen LogP contribution in [0.25, 0.3) is 0 Å². The molecule has 3 heteroatoms. The number of hydrogen-bond acceptors (Lipinski definition) is 3. The van der Waals surface area contributed by atoms with Crippen LogP contribution in [0.2, 0.25) is 0 Å². The number of aliphatic hydroxyl groups excluding tert-OH is 1. The van der Waals surface area contributed by atoms with Gasteiger partial charge in [-0.1, -0.05) is 6.42 Å². The Morgan fingerprint density at radius 1 is 1.45 bits per heavy atom. The number of nitrogens with zero attached hydrogens (tertiary/aromatic N) is 1. The third kappa shape index (κ3) is 2.50. The average molecular weight is 157 g/mol. The van der Waals surface area contributed by atoms with Crippen molar-refractivity contribution >= 4 is 6.21 Å². The minimum absolute atomic E-state index is 0.274. The van der Waals surface area contributed by atoms with E-state index in [-0.39, 0.29) is 6.61 Å². The van der Waals surface area contributed by atoms with E-state index >= 15 is 0 Å². The van der Waals surface area contributed by atoms with Gasteiger partial charge in [0.25, 0.3) is 0 Å². The Bertz CT molecular complexity index is 136. The van der Waals surface area contributed by atoms with Crippen molar-refractivity contribution in [2.24, 2.45) is 17.0 Å². The van der Waals surface area contributed by atoms with E-state index in [1.807, 2.05) is 0 Å². The fraction of sp³-hybridized carbons (Fsp3) is 0.875. The first kappa shape index (κ1) is 8.53. The number of aliphatic hydroxyl groups is 1. The second-order valence-electron chi connectivity index (χ2n) is 3.24. The largest absolute Gasteiger partial charge is 0.411 e. The summed E-state index contributed by atoms with van der Waals surface area (Å²) in [6.07, 6.45) is 5.91. The molecule has 0 amide bonds. The molecule has 0 aromatic rings. The van der Waals surface area contributed by atoms with Crippen LogP contribution < -0.4 is 0 Å². The molecule has 0 aromatic carbocycles. The minimum atomic E-state index is 0.274. The fourth-order valence-corrected chi connectivity index (χ4v) is 1.73. The molecule has 3 nitrogen and oxygen atoms in total. The van der Waals surface area contributed by atoms with Crippen molar-refractivity contribution < 1.29 is 10.3 Å². The molecule has 1 rings (SSSR count). The highest BCUT2D eigenvalue weighted by atomic mass is 16.4. The molecular weight excluding hydrogens is 142 g/mol. The van der Waals surface area contributed by atoms with E-state index in [0.29, 0.717) is 11.8 Å². The number of oxime groups is 1. The molecule has 2 unspecified atom stereocenters. The van der Waals surface area contributed by atoms with Gasteiger partial charge in [-0.15, -0.1) is 5.16 Å². The monoisotopic (exact) mass is 157 g/mol. The van der Waals surface area contributed by atoms with Gasteiger partial charge in [0.05, 0.1) is 0 Å². The third-order valence-electron chi connectivity index (χ3n) is 2.36. The summed E-state index contributed by atoms with van der Waals surface area (Å²) >= 11 is 0. The quantitative estimate of drug-likeness (QED) is 0.360. The zero-order chi connectivity index (χ0) is 8.10. The van der Waals surface area contributed by atoms with Crippen LogP contribution in [0.3, 0.4) is 0 Å². The molecule has 0 bridgehead atoms. The van der Waals surface area contributed by atoms with Crippen molar-refractivity contribution in [2.45, 2.75) is 25.7 Å². The molecule has 1 aliphatic rings. The van der Waals surface area contributed by atoms with E-state index in [0.717, 1.165) is 25.7 Å². The van der Waals surface area contributed by atoms with Gasteiger partial charge in [-0.25, -0.2) is 0 Å². The van der Waals surface area contributed by atoms with Crippen molar-refractivity contribution in [1.82, 2.24) is 0 Å². The van der Waals surface area contributed by atoms with Crippen LogP contribution in [0.1, 0.15) is 25.7 Å². The minimum Gasteiger partial charge on any atom is -0.411 e. The Morgan fingerprint density at radius 2 is 2.27 bits per heavy atom. The Hall–Kier alpha value is -0.570. The lowest BCUT2D eigenvalue weighted by molar-refractivity contribution is 0.177. The molecule has 0 aliphatic heterocycles. The first-order valence-corrected chi connectivity index (χ1v) is 4.15. The molecule has 2 N–H and O–H groups in total. The van der Waals surface area contributed by atoms with E-state index in [4.69, 9.17) is 10.3 Å². The molecule has 0 saturated heterocycles. The van der Waals surface area contributed by atoms with Crippen LogP contribution >= 0.6 is 0 Å². The Kier molecular flexibility index (Phi) is 3.36. The second kappa shape index (κ2) is 4.34. The van der Waals surface area contributed by atoms with E-state index in [9.17, 15) is 0 Å². The smallest absolute Gasteiger partial charge is 0.0466 e. The Balaban J connectivity index is 2.33. The van der Waals surface area contributed by atoms with Gasteiger partial charge in [-0.3, -0.25) is 0 Å². The summed E-state index contributed by atoms with van der Waals surface area (Å²) in [7, 11) is 0. The van der Waals surface area contributed by atoms with Crippen LogP contribution in [0.4, 0.5) is 0 Å². The molecule has 1 aliphatic carbocycles. The summed E-state index contributed by atoms with van der Waals surface area (Å²) in [5.74, 6) is 0.803. The van der Waals surface area contributed by atoms with Gasteiger partial charge in [-0.05, 0) is 31.1 Å². The predicted molar refractivity (Wildman–Crippen MR) is 42.8 cm³/mol. The van der Waals surface area contributed by atoms with E-state index in [1.165, 1.54) is 0 Å². The van der Waals surface area contributed by atoms with E-state index < -0.39 is 0 Å². The van der Waals surface area contributed by atoms with E-state index in [1.54, 1.807) is 6.21 Å².